The van der Waals surface area contributed by atoms with Crippen molar-refractivity contribution in [1.29, 1.82) is 0 Å². The molecule has 0 bridgehead atoms. The summed E-state index contributed by atoms with van der Waals surface area (Å²) < 4.78 is 2.00. The van der Waals surface area contributed by atoms with Gasteiger partial charge in [0.1, 0.15) is 0 Å². The summed E-state index contributed by atoms with van der Waals surface area (Å²) in [6, 6.07) is 1.09. The van der Waals surface area contributed by atoms with Crippen molar-refractivity contribution in [3.63, 3.8) is 0 Å². The van der Waals surface area contributed by atoms with Crippen molar-refractivity contribution in [2.75, 3.05) is 13.1 Å². The molecule has 0 saturated carbocycles. The first-order valence-corrected chi connectivity index (χ1v) is 7.13. The molecule has 3 atom stereocenters. The minimum absolute atomic E-state index is 0.439. The van der Waals surface area contributed by atoms with Gasteiger partial charge in [0.05, 0.1) is 6.20 Å². The van der Waals surface area contributed by atoms with Crippen LogP contribution in [-0.2, 0) is 6.54 Å². The predicted molar refractivity (Wildman–Crippen MR) is 74.3 cm³/mol. The highest BCUT2D eigenvalue weighted by molar-refractivity contribution is 5.10. The number of hydrogen-bond acceptors (Lipinski definition) is 3. The molecule has 0 radical (unpaired) electrons. The smallest absolute Gasteiger partial charge is 0.0537 e. The number of aryl methyl sites for hydroxylation is 1. The zero-order chi connectivity index (χ0) is 13.1. The van der Waals surface area contributed by atoms with Gasteiger partial charge in [0, 0.05) is 36.9 Å². The van der Waals surface area contributed by atoms with Crippen LogP contribution in [0.1, 0.15) is 45.2 Å². The van der Waals surface area contributed by atoms with E-state index in [9.17, 15) is 0 Å². The van der Waals surface area contributed by atoms with Crippen molar-refractivity contribution in [1.82, 2.24) is 14.7 Å². The molecule has 4 nitrogen and oxygen atoms in total. The number of hydrogen-bond donors (Lipinski definition) is 1. The Bertz CT molecular complexity index is 374. The molecule has 0 aromatic carbocycles. The molecular weight excluding hydrogens is 224 g/mol. The zero-order valence-corrected chi connectivity index (χ0v) is 11.8. The zero-order valence-electron chi connectivity index (χ0n) is 11.8. The predicted octanol–water partition coefficient (Wildman–Crippen LogP) is 2.02. The van der Waals surface area contributed by atoms with Crippen molar-refractivity contribution >= 4 is 0 Å². The third-order valence-corrected chi connectivity index (χ3v) is 4.32. The van der Waals surface area contributed by atoms with Crippen LogP contribution < -0.4 is 5.73 Å². The van der Waals surface area contributed by atoms with Gasteiger partial charge >= 0.3 is 0 Å². The fourth-order valence-corrected chi connectivity index (χ4v) is 2.90. The first kappa shape index (κ1) is 13.6. The van der Waals surface area contributed by atoms with Crippen molar-refractivity contribution < 1.29 is 0 Å². The van der Waals surface area contributed by atoms with Crippen LogP contribution in [0.25, 0.3) is 0 Å². The molecule has 2 heterocycles. The number of nitrogens with two attached hydrogens (primary N) is 1. The molecule has 102 valence electrons. The number of rotatable bonds is 4. The fraction of sp³-hybridized carbons (Fsp3) is 0.786. The summed E-state index contributed by atoms with van der Waals surface area (Å²) in [5.41, 5.74) is 7.15. The van der Waals surface area contributed by atoms with Crippen LogP contribution in [0.15, 0.2) is 12.4 Å². The molecule has 1 saturated heterocycles. The van der Waals surface area contributed by atoms with Crippen LogP contribution in [0.4, 0.5) is 0 Å². The fourth-order valence-electron chi connectivity index (χ4n) is 2.90. The molecule has 1 aliphatic heterocycles. The summed E-state index contributed by atoms with van der Waals surface area (Å²) in [6.45, 7) is 9.60. The van der Waals surface area contributed by atoms with E-state index in [-0.39, 0.29) is 0 Å². The van der Waals surface area contributed by atoms with Crippen LogP contribution in [0.3, 0.4) is 0 Å². The van der Waals surface area contributed by atoms with E-state index in [0.717, 1.165) is 19.6 Å². The van der Waals surface area contributed by atoms with Crippen LogP contribution in [-0.4, -0.2) is 33.8 Å². The second kappa shape index (κ2) is 5.85. The highest BCUT2D eigenvalue weighted by Gasteiger charge is 2.29. The lowest BCUT2D eigenvalue weighted by Gasteiger charge is -2.41. The topological polar surface area (TPSA) is 47.1 Å². The molecule has 1 fully saturated rings. The quantitative estimate of drug-likeness (QED) is 0.889. The van der Waals surface area contributed by atoms with E-state index < -0.39 is 0 Å². The summed E-state index contributed by atoms with van der Waals surface area (Å²) in [4.78, 5) is 2.58. The Hall–Kier alpha value is -0.870. The minimum atomic E-state index is 0.439. The molecule has 0 aliphatic carbocycles. The third-order valence-electron chi connectivity index (χ3n) is 4.32. The molecule has 1 aliphatic rings. The van der Waals surface area contributed by atoms with Gasteiger partial charge < -0.3 is 5.73 Å². The van der Waals surface area contributed by atoms with Gasteiger partial charge in [0.2, 0.25) is 0 Å². The number of likely N-dealkylation sites (tertiary alicyclic amines) is 1. The van der Waals surface area contributed by atoms with Gasteiger partial charge in [0.15, 0.2) is 0 Å². The number of nitrogens with zero attached hydrogens (tertiary/aromatic N) is 3. The van der Waals surface area contributed by atoms with Gasteiger partial charge in [-0.1, -0.05) is 0 Å². The highest BCUT2D eigenvalue weighted by atomic mass is 15.3. The Balaban J connectivity index is 2.08. The second-order valence-corrected chi connectivity index (χ2v) is 5.53. The Morgan fingerprint density at radius 3 is 2.89 bits per heavy atom. The second-order valence-electron chi connectivity index (χ2n) is 5.53. The monoisotopic (exact) mass is 250 g/mol. The summed E-state index contributed by atoms with van der Waals surface area (Å²) >= 11 is 0. The van der Waals surface area contributed by atoms with E-state index in [1.54, 1.807) is 0 Å². The van der Waals surface area contributed by atoms with E-state index in [1.807, 2.05) is 10.9 Å². The molecule has 3 unspecified atom stereocenters. The third kappa shape index (κ3) is 2.75. The molecular formula is C14H26N4. The summed E-state index contributed by atoms with van der Waals surface area (Å²) in [5.74, 6) is 0.657. The molecule has 18 heavy (non-hydrogen) atoms. The Labute approximate surface area is 110 Å². The molecule has 0 amide bonds. The molecule has 1 aromatic heterocycles. The average Bonchev–Trinajstić information content (AvgIpc) is 2.87. The van der Waals surface area contributed by atoms with Crippen molar-refractivity contribution in [2.45, 2.75) is 52.2 Å². The summed E-state index contributed by atoms with van der Waals surface area (Å²) in [7, 11) is 0. The highest BCUT2D eigenvalue weighted by Crippen LogP contribution is 2.30. The summed E-state index contributed by atoms with van der Waals surface area (Å²) in [5, 5.41) is 4.38. The van der Waals surface area contributed by atoms with Crippen LogP contribution in [0, 0.1) is 5.92 Å². The Morgan fingerprint density at radius 1 is 1.50 bits per heavy atom. The van der Waals surface area contributed by atoms with Crippen LogP contribution >= 0.6 is 0 Å². The van der Waals surface area contributed by atoms with E-state index in [1.165, 1.54) is 18.4 Å². The lowest BCUT2D eigenvalue weighted by Crippen LogP contribution is -2.44. The maximum atomic E-state index is 5.83. The summed E-state index contributed by atoms with van der Waals surface area (Å²) in [6.07, 6.45) is 6.71. The first-order chi connectivity index (χ1) is 8.65. The Kier molecular flexibility index (Phi) is 4.40. The van der Waals surface area contributed by atoms with Crippen LogP contribution in [0.2, 0.25) is 0 Å². The minimum Gasteiger partial charge on any atom is -0.330 e. The maximum absolute atomic E-state index is 5.83. The first-order valence-electron chi connectivity index (χ1n) is 7.13. The normalized spacial score (nSPS) is 27.3. The SMILES string of the molecule is CCn1cc(C(C)N2CC(CN)CCC2C)cn1. The van der Waals surface area contributed by atoms with E-state index >= 15 is 0 Å². The van der Waals surface area contributed by atoms with Crippen LogP contribution in [0.5, 0.6) is 0 Å². The molecule has 2 N–H and O–H groups in total. The molecule has 4 heteroatoms. The largest absolute Gasteiger partial charge is 0.330 e. The van der Waals surface area contributed by atoms with Gasteiger partial charge in [-0.05, 0) is 46.1 Å². The van der Waals surface area contributed by atoms with Crippen molar-refractivity contribution in [3.8, 4) is 0 Å². The Morgan fingerprint density at radius 2 is 2.28 bits per heavy atom. The van der Waals surface area contributed by atoms with Gasteiger partial charge in [0.25, 0.3) is 0 Å². The van der Waals surface area contributed by atoms with Crippen molar-refractivity contribution in [3.05, 3.63) is 18.0 Å². The number of aromatic nitrogens is 2. The standard InChI is InChI=1S/C14H26N4/c1-4-17-10-14(8-16-17)12(3)18-9-13(7-15)6-5-11(18)2/h8,10-13H,4-7,9,15H2,1-3H3. The van der Waals surface area contributed by atoms with Gasteiger partial charge in [-0.25, -0.2) is 0 Å². The van der Waals surface area contributed by atoms with Gasteiger partial charge in [-0.15, -0.1) is 0 Å². The molecule has 1 aromatic rings. The van der Waals surface area contributed by atoms with E-state index in [2.05, 4.69) is 37.0 Å². The van der Waals surface area contributed by atoms with E-state index in [4.69, 9.17) is 5.73 Å². The van der Waals surface area contributed by atoms with Crippen molar-refractivity contribution in [2.24, 2.45) is 11.7 Å². The lowest BCUT2D eigenvalue weighted by molar-refractivity contribution is 0.0812. The number of piperidine rings is 1. The van der Waals surface area contributed by atoms with E-state index in [0.29, 0.717) is 18.0 Å². The maximum Gasteiger partial charge on any atom is 0.0537 e. The lowest BCUT2D eigenvalue weighted by atomic mass is 9.91. The average molecular weight is 250 g/mol. The van der Waals surface area contributed by atoms with Gasteiger partial charge in [-0.2, -0.15) is 5.10 Å². The van der Waals surface area contributed by atoms with Gasteiger partial charge in [-0.3, -0.25) is 9.58 Å². The molecule has 0 spiro atoms. The molecule has 2 rings (SSSR count).